The molecule has 2 aromatic heterocycles. The van der Waals surface area contributed by atoms with E-state index in [0.717, 1.165) is 31.7 Å². The van der Waals surface area contributed by atoms with E-state index < -0.39 is 0 Å². The summed E-state index contributed by atoms with van der Waals surface area (Å²) in [6.07, 6.45) is 6.72. The predicted molar refractivity (Wildman–Crippen MR) is 67.5 cm³/mol. The van der Waals surface area contributed by atoms with Gasteiger partial charge in [-0.1, -0.05) is 6.07 Å². The molecule has 0 unspecified atom stereocenters. The molecule has 90 valence electrons. The quantitative estimate of drug-likeness (QED) is 0.769. The van der Waals surface area contributed by atoms with Gasteiger partial charge in [-0.25, -0.2) is 0 Å². The highest BCUT2D eigenvalue weighted by atomic mass is 15.3. The van der Waals surface area contributed by atoms with Gasteiger partial charge in [0.1, 0.15) is 0 Å². The average Bonchev–Trinajstić information content (AvgIpc) is 2.84. The lowest BCUT2D eigenvalue weighted by Crippen LogP contribution is -2.18. The van der Waals surface area contributed by atoms with Gasteiger partial charge < -0.3 is 5.32 Å². The van der Waals surface area contributed by atoms with E-state index in [9.17, 15) is 0 Å². The first-order chi connectivity index (χ1) is 8.36. The van der Waals surface area contributed by atoms with Crippen molar-refractivity contribution in [2.45, 2.75) is 26.4 Å². The summed E-state index contributed by atoms with van der Waals surface area (Å²) in [6, 6.07) is 6.01. The molecular formula is C13H18N4. The lowest BCUT2D eigenvalue weighted by Gasteiger charge is -2.06. The van der Waals surface area contributed by atoms with E-state index in [1.165, 1.54) is 5.56 Å². The van der Waals surface area contributed by atoms with Crippen molar-refractivity contribution >= 4 is 0 Å². The second-order valence-corrected chi connectivity index (χ2v) is 4.07. The van der Waals surface area contributed by atoms with E-state index in [4.69, 9.17) is 0 Å². The van der Waals surface area contributed by atoms with Crippen molar-refractivity contribution in [2.24, 2.45) is 0 Å². The van der Waals surface area contributed by atoms with Crippen LogP contribution in [0.2, 0.25) is 0 Å². The van der Waals surface area contributed by atoms with Gasteiger partial charge in [-0.05, 0) is 37.6 Å². The standard InChI is InChI=1S/C13H18N4/c1-12-5-2-7-15-13(12)11-14-6-3-9-17-10-4-8-16-17/h2,4-5,7-8,10,14H,3,6,9,11H2,1H3. The van der Waals surface area contributed by atoms with Crippen molar-refractivity contribution < 1.29 is 0 Å². The van der Waals surface area contributed by atoms with Crippen LogP contribution in [0.3, 0.4) is 0 Å². The summed E-state index contributed by atoms with van der Waals surface area (Å²) in [5, 5.41) is 7.56. The van der Waals surface area contributed by atoms with Crippen LogP contribution in [0.1, 0.15) is 17.7 Å². The SMILES string of the molecule is Cc1cccnc1CNCCCn1cccn1. The van der Waals surface area contributed by atoms with E-state index in [1.807, 2.05) is 35.4 Å². The Morgan fingerprint density at radius 3 is 3.00 bits per heavy atom. The second-order valence-electron chi connectivity index (χ2n) is 4.07. The Kier molecular flexibility index (Phi) is 4.27. The molecule has 2 heterocycles. The molecule has 4 heteroatoms. The predicted octanol–water partition coefficient (Wildman–Crippen LogP) is 1.77. The van der Waals surface area contributed by atoms with Crippen molar-refractivity contribution in [3.63, 3.8) is 0 Å². The van der Waals surface area contributed by atoms with Crippen LogP contribution in [0.5, 0.6) is 0 Å². The average molecular weight is 230 g/mol. The minimum absolute atomic E-state index is 0.839. The Bertz CT molecular complexity index is 436. The summed E-state index contributed by atoms with van der Waals surface area (Å²) in [4.78, 5) is 4.35. The number of pyridine rings is 1. The fraction of sp³-hybridized carbons (Fsp3) is 0.385. The third-order valence-electron chi connectivity index (χ3n) is 2.71. The van der Waals surface area contributed by atoms with Crippen LogP contribution in [-0.2, 0) is 13.1 Å². The third-order valence-corrected chi connectivity index (χ3v) is 2.71. The first-order valence-corrected chi connectivity index (χ1v) is 5.95. The van der Waals surface area contributed by atoms with Gasteiger partial charge >= 0.3 is 0 Å². The Hall–Kier alpha value is -1.68. The molecule has 0 amide bonds. The van der Waals surface area contributed by atoms with Crippen LogP contribution < -0.4 is 5.32 Å². The number of aromatic nitrogens is 3. The van der Waals surface area contributed by atoms with Crippen LogP contribution >= 0.6 is 0 Å². The van der Waals surface area contributed by atoms with Gasteiger partial charge in [0, 0.05) is 31.7 Å². The molecular weight excluding hydrogens is 212 g/mol. The molecule has 0 spiro atoms. The highest BCUT2D eigenvalue weighted by Crippen LogP contribution is 2.02. The highest BCUT2D eigenvalue weighted by molar-refractivity contribution is 5.17. The topological polar surface area (TPSA) is 42.7 Å². The van der Waals surface area contributed by atoms with Crippen molar-refractivity contribution in [3.8, 4) is 0 Å². The summed E-state index contributed by atoms with van der Waals surface area (Å²) in [5.74, 6) is 0. The highest BCUT2D eigenvalue weighted by Gasteiger charge is 1.97. The van der Waals surface area contributed by atoms with Gasteiger partial charge in [-0.2, -0.15) is 5.10 Å². The summed E-state index contributed by atoms with van der Waals surface area (Å²) in [7, 11) is 0. The zero-order chi connectivity index (χ0) is 11.9. The molecule has 1 N–H and O–H groups in total. The molecule has 0 fully saturated rings. The monoisotopic (exact) mass is 230 g/mol. The fourth-order valence-electron chi connectivity index (χ4n) is 1.71. The zero-order valence-electron chi connectivity index (χ0n) is 10.1. The number of aryl methyl sites for hydroxylation is 2. The smallest absolute Gasteiger partial charge is 0.0570 e. The van der Waals surface area contributed by atoms with E-state index in [1.54, 1.807) is 0 Å². The van der Waals surface area contributed by atoms with Crippen LogP contribution in [-0.4, -0.2) is 21.3 Å². The number of nitrogens with one attached hydrogen (secondary N) is 1. The van der Waals surface area contributed by atoms with Crippen molar-refractivity contribution in [3.05, 3.63) is 48.0 Å². The summed E-state index contributed by atoms with van der Waals surface area (Å²) >= 11 is 0. The van der Waals surface area contributed by atoms with Crippen LogP contribution in [0.4, 0.5) is 0 Å². The lowest BCUT2D eigenvalue weighted by atomic mass is 10.2. The molecule has 0 aliphatic carbocycles. The van der Waals surface area contributed by atoms with Crippen LogP contribution in [0, 0.1) is 6.92 Å². The van der Waals surface area contributed by atoms with Crippen LogP contribution in [0.15, 0.2) is 36.8 Å². The van der Waals surface area contributed by atoms with Gasteiger partial charge in [0.05, 0.1) is 5.69 Å². The van der Waals surface area contributed by atoms with E-state index in [2.05, 4.69) is 28.4 Å². The minimum atomic E-state index is 0.839. The van der Waals surface area contributed by atoms with Crippen molar-refractivity contribution in [2.75, 3.05) is 6.54 Å². The number of nitrogens with zero attached hydrogens (tertiary/aromatic N) is 3. The van der Waals surface area contributed by atoms with Gasteiger partial charge in [0.2, 0.25) is 0 Å². The number of hydrogen-bond donors (Lipinski definition) is 1. The largest absolute Gasteiger partial charge is 0.311 e. The fourth-order valence-corrected chi connectivity index (χ4v) is 1.71. The Morgan fingerprint density at radius 2 is 2.24 bits per heavy atom. The first kappa shape index (κ1) is 11.8. The number of hydrogen-bond acceptors (Lipinski definition) is 3. The maximum absolute atomic E-state index is 4.35. The van der Waals surface area contributed by atoms with Gasteiger partial charge in [0.15, 0.2) is 0 Å². The van der Waals surface area contributed by atoms with Crippen molar-refractivity contribution in [1.29, 1.82) is 0 Å². The maximum atomic E-state index is 4.35. The molecule has 2 rings (SSSR count). The Balaban J connectivity index is 1.65. The molecule has 0 saturated heterocycles. The molecule has 0 aliphatic rings. The molecule has 0 atom stereocenters. The molecule has 0 aromatic carbocycles. The second kappa shape index (κ2) is 6.15. The molecule has 0 aliphatic heterocycles. The molecule has 4 nitrogen and oxygen atoms in total. The van der Waals surface area contributed by atoms with Crippen LogP contribution in [0.25, 0.3) is 0 Å². The Morgan fingerprint density at radius 1 is 1.29 bits per heavy atom. The molecule has 2 aromatic rings. The summed E-state index contributed by atoms with van der Waals surface area (Å²) < 4.78 is 1.95. The molecule has 0 bridgehead atoms. The third kappa shape index (κ3) is 3.67. The zero-order valence-corrected chi connectivity index (χ0v) is 10.1. The van der Waals surface area contributed by atoms with Crippen molar-refractivity contribution in [1.82, 2.24) is 20.1 Å². The van der Waals surface area contributed by atoms with E-state index in [0.29, 0.717) is 0 Å². The van der Waals surface area contributed by atoms with E-state index in [-0.39, 0.29) is 0 Å². The van der Waals surface area contributed by atoms with Gasteiger partial charge in [-0.3, -0.25) is 9.67 Å². The molecule has 0 radical (unpaired) electrons. The lowest BCUT2D eigenvalue weighted by molar-refractivity contribution is 0.540. The molecule has 0 saturated carbocycles. The summed E-state index contributed by atoms with van der Waals surface area (Å²) in [6.45, 7) is 4.87. The van der Waals surface area contributed by atoms with Gasteiger partial charge in [-0.15, -0.1) is 0 Å². The summed E-state index contributed by atoms with van der Waals surface area (Å²) in [5.41, 5.74) is 2.37. The van der Waals surface area contributed by atoms with E-state index >= 15 is 0 Å². The Labute approximate surface area is 102 Å². The molecule has 17 heavy (non-hydrogen) atoms. The number of rotatable bonds is 6. The van der Waals surface area contributed by atoms with Gasteiger partial charge in [0.25, 0.3) is 0 Å². The maximum Gasteiger partial charge on any atom is 0.0570 e. The first-order valence-electron chi connectivity index (χ1n) is 5.95. The minimum Gasteiger partial charge on any atom is -0.311 e. The normalized spacial score (nSPS) is 10.6.